The molecule has 0 aromatic rings. The fraction of sp³-hybridized carbons (Fsp3) is 0.933. The zero-order valence-electron chi connectivity index (χ0n) is 13.2. The van der Waals surface area contributed by atoms with E-state index in [-0.39, 0.29) is 24.3 Å². The van der Waals surface area contributed by atoms with Gasteiger partial charge in [-0.2, -0.15) is 0 Å². The monoisotopic (exact) mass is 303 g/mol. The van der Waals surface area contributed by atoms with Gasteiger partial charge in [0.05, 0.1) is 32.3 Å². The molecule has 0 spiro atoms. The Kier molecular flexibility index (Phi) is 9.58. The first kappa shape index (κ1) is 18.4. The lowest BCUT2D eigenvalue weighted by Gasteiger charge is -2.23. The van der Waals surface area contributed by atoms with E-state index in [1.54, 1.807) is 0 Å². The molecule has 1 saturated heterocycles. The normalized spacial score (nSPS) is 28.6. The summed E-state index contributed by atoms with van der Waals surface area (Å²) < 4.78 is 21.6. The van der Waals surface area contributed by atoms with Crippen molar-refractivity contribution >= 4 is 5.97 Å². The van der Waals surface area contributed by atoms with E-state index >= 15 is 0 Å². The minimum atomic E-state index is -0.113. The molecule has 0 amide bonds. The van der Waals surface area contributed by atoms with Crippen molar-refractivity contribution in [2.45, 2.75) is 50.9 Å². The van der Waals surface area contributed by atoms with Crippen LogP contribution in [0.5, 0.6) is 0 Å². The molecule has 1 aliphatic carbocycles. The number of carbonyl (C=O) groups is 1. The lowest BCUT2D eigenvalue weighted by atomic mass is 10.1. The third kappa shape index (κ3) is 6.74. The van der Waals surface area contributed by atoms with Crippen LogP contribution in [0.25, 0.3) is 0 Å². The maximum Gasteiger partial charge on any atom is 0.308 e. The van der Waals surface area contributed by atoms with Gasteiger partial charge in [0.15, 0.2) is 6.29 Å². The van der Waals surface area contributed by atoms with Crippen molar-refractivity contribution < 1.29 is 23.7 Å². The predicted molar refractivity (Wildman–Crippen MR) is 78.8 cm³/mol. The van der Waals surface area contributed by atoms with Gasteiger partial charge in [0.2, 0.25) is 0 Å². The van der Waals surface area contributed by atoms with Crippen molar-refractivity contribution in [1.82, 2.24) is 0 Å². The van der Waals surface area contributed by atoms with Gasteiger partial charge in [-0.1, -0.05) is 0 Å². The largest absolute Gasteiger partial charge is 0.469 e. The fourth-order valence-electron chi connectivity index (χ4n) is 2.71. The van der Waals surface area contributed by atoms with E-state index in [1.807, 2.05) is 0 Å². The van der Waals surface area contributed by atoms with E-state index < -0.39 is 0 Å². The summed E-state index contributed by atoms with van der Waals surface area (Å²) in [7, 11) is 2.94. The van der Waals surface area contributed by atoms with Crippen LogP contribution in [-0.2, 0) is 23.7 Å². The molecule has 1 aliphatic heterocycles. The Balaban J connectivity index is 0.00000106. The molecule has 3 atom stereocenters. The average Bonchev–Trinajstić information content (AvgIpc) is 3.03. The number of carbonyl (C=O) groups excluding carboxylic acids is 1. The second-order valence-electron chi connectivity index (χ2n) is 5.19. The molecule has 0 radical (unpaired) electrons. The van der Waals surface area contributed by atoms with Crippen LogP contribution in [0.1, 0.15) is 38.5 Å². The van der Waals surface area contributed by atoms with E-state index in [0.717, 1.165) is 38.7 Å². The highest BCUT2D eigenvalue weighted by atomic mass is 16.7. The standard InChI is InChI=1S/C14H24O5.CH5N/c1-16-14(15)11-5-6-12(10-11)17-8-9-19-13-4-2-3-7-18-13;1-2/h11-13H,2-10H2,1H3;2H2,1H3/t11?,12-,13?;/m1./s1. The second kappa shape index (κ2) is 11.0. The van der Waals surface area contributed by atoms with Crippen LogP contribution in [-0.4, -0.2) is 52.3 Å². The highest BCUT2D eigenvalue weighted by Gasteiger charge is 2.31. The number of hydrogen-bond donors (Lipinski definition) is 1. The third-order valence-electron chi connectivity index (χ3n) is 3.80. The Hall–Kier alpha value is -0.690. The van der Waals surface area contributed by atoms with Crippen LogP contribution < -0.4 is 5.73 Å². The Labute approximate surface area is 127 Å². The summed E-state index contributed by atoms with van der Waals surface area (Å²) in [6, 6.07) is 0. The van der Waals surface area contributed by atoms with Gasteiger partial charge in [-0.15, -0.1) is 0 Å². The second-order valence-corrected chi connectivity index (χ2v) is 5.19. The molecule has 0 aromatic carbocycles. The van der Waals surface area contributed by atoms with E-state index in [4.69, 9.17) is 18.9 Å². The average molecular weight is 303 g/mol. The van der Waals surface area contributed by atoms with Crippen molar-refractivity contribution in [2.24, 2.45) is 11.7 Å². The summed E-state index contributed by atoms with van der Waals surface area (Å²) in [5.41, 5.74) is 4.50. The Morgan fingerprint density at radius 2 is 1.90 bits per heavy atom. The van der Waals surface area contributed by atoms with E-state index in [2.05, 4.69) is 5.73 Å². The minimum absolute atomic E-state index is 0.0117. The van der Waals surface area contributed by atoms with Crippen LogP contribution in [0, 0.1) is 5.92 Å². The van der Waals surface area contributed by atoms with Gasteiger partial charge in [-0.3, -0.25) is 4.79 Å². The molecule has 2 fully saturated rings. The van der Waals surface area contributed by atoms with E-state index in [0.29, 0.717) is 13.2 Å². The van der Waals surface area contributed by atoms with Crippen LogP contribution >= 0.6 is 0 Å². The van der Waals surface area contributed by atoms with Crippen LogP contribution in [0.2, 0.25) is 0 Å². The Bertz CT molecular complexity index is 281. The van der Waals surface area contributed by atoms with Crippen molar-refractivity contribution in [3.8, 4) is 0 Å². The smallest absolute Gasteiger partial charge is 0.308 e. The highest BCUT2D eigenvalue weighted by Crippen LogP contribution is 2.28. The molecule has 0 bridgehead atoms. The van der Waals surface area contributed by atoms with Gasteiger partial charge >= 0.3 is 5.97 Å². The van der Waals surface area contributed by atoms with Gasteiger partial charge in [0.25, 0.3) is 0 Å². The molecule has 6 heteroatoms. The summed E-state index contributed by atoms with van der Waals surface area (Å²) >= 11 is 0. The van der Waals surface area contributed by atoms with Gasteiger partial charge < -0.3 is 24.7 Å². The number of hydrogen-bond acceptors (Lipinski definition) is 6. The van der Waals surface area contributed by atoms with E-state index in [1.165, 1.54) is 20.6 Å². The van der Waals surface area contributed by atoms with Gasteiger partial charge in [-0.05, 0) is 45.6 Å². The number of nitrogens with two attached hydrogens (primary N) is 1. The molecule has 6 nitrogen and oxygen atoms in total. The van der Waals surface area contributed by atoms with Crippen molar-refractivity contribution in [3.63, 3.8) is 0 Å². The molecule has 1 heterocycles. The van der Waals surface area contributed by atoms with Crippen molar-refractivity contribution in [1.29, 1.82) is 0 Å². The molecule has 2 rings (SSSR count). The Morgan fingerprint density at radius 1 is 1.14 bits per heavy atom. The predicted octanol–water partition coefficient (Wildman–Crippen LogP) is 1.46. The maximum atomic E-state index is 11.4. The lowest BCUT2D eigenvalue weighted by molar-refractivity contribution is -0.171. The molecule has 21 heavy (non-hydrogen) atoms. The molecular formula is C15H29NO5. The summed E-state index contributed by atoms with van der Waals surface area (Å²) in [4.78, 5) is 11.4. The fourth-order valence-corrected chi connectivity index (χ4v) is 2.71. The molecule has 1 saturated carbocycles. The summed E-state index contributed by atoms with van der Waals surface area (Å²) in [5.74, 6) is -0.101. The maximum absolute atomic E-state index is 11.4. The highest BCUT2D eigenvalue weighted by molar-refractivity contribution is 5.72. The summed E-state index contributed by atoms with van der Waals surface area (Å²) in [6.45, 7) is 1.93. The number of esters is 1. The number of rotatable bonds is 6. The topological polar surface area (TPSA) is 80.0 Å². The number of ether oxygens (including phenoxy) is 4. The molecule has 2 aliphatic rings. The lowest BCUT2D eigenvalue weighted by Crippen LogP contribution is -2.24. The van der Waals surface area contributed by atoms with Crippen molar-refractivity contribution in [2.75, 3.05) is 34.0 Å². The SMILES string of the molecule is CN.COC(=O)C1CC[C@@H](OCCOC2CCCCO2)C1. The number of methoxy groups -OCH3 is 1. The summed E-state index contributed by atoms with van der Waals surface area (Å²) in [6.07, 6.45) is 5.97. The molecule has 2 unspecified atom stereocenters. The summed E-state index contributed by atoms with van der Waals surface area (Å²) in [5, 5.41) is 0. The van der Waals surface area contributed by atoms with Crippen molar-refractivity contribution in [3.05, 3.63) is 0 Å². The van der Waals surface area contributed by atoms with Gasteiger partial charge in [-0.25, -0.2) is 0 Å². The quantitative estimate of drug-likeness (QED) is 0.591. The third-order valence-corrected chi connectivity index (χ3v) is 3.80. The first-order valence-corrected chi connectivity index (χ1v) is 7.80. The molecular weight excluding hydrogens is 274 g/mol. The molecule has 124 valence electrons. The van der Waals surface area contributed by atoms with Crippen LogP contribution in [0.3, 0.4) is 0 Å². The zero-order valence-corrected chi connectivity index (χ0v) is 13.2. The van der Waals surface area contributed by atoms with Gasteiger partial charge in [0, 0.05) is 6.61 Å². The first-order valence-electron chi connectivity index (χ1n) is 7.80. The minimum Gasteiger partial charge on any atom is -0.469 e. The zero-order chi connectivity index (χ0) is 15.5. The molecule has 0 aromatic heterocycles. The van der Waals surface area contributed by atoms with E-state index in [9.17, 15) is 4.79 Å². The molecule has 2 N–H and O–H groups in total. The van der Waals surface area contributed by atoms with Gasteiger partial charge in [0.1, 0.15) is 0 Å². The first-order chi connectivity index (χ1) is 10.3. The van der Waals surface area contributed by atoms with Crippen LogP contribution in [0.15, 0.2) is 0 Å². The Morgan fingerprint density at radius 3 is 2.57 bits per heavy atom. The van der Waals surface area contributed by atoms with Crippen LogP contribution in [0.4, 0.5) is 0 Å².